The number of carbonyl (C=O) groups excluding carboxylic acids is 1. The molecule has 0 aromatic rings. The van der Waals surface area contributed by atoms with Gasteiger partial charge in [0.2, 0.25) is 5.91 Å². The van der Waals surface area contributed by atoms with Crippen molar-refractivity contribution in [2.24, 2.45) is 11.8 Å². The number of carboxylic acids is 1. The molecule has 1 amide bonds. The summed E-state index contributed by atoms with van der Waals surface area (Å²) in [6.45, 7) is 6.24. The fourth-order valence-electron chi connectivity index (χ4n) is 2.53. The third-order valence-corrected chi connectivity index (χ3v) is 3.87. The summed E-state index contributed by atoms with van der Waals surface area (Å²) in [6.07, 6.45) is 4.18. The molecule has 18 heavy (non-hydrogen) atoms. The van der Waals surface area contributed by atoms with Crippen molar-refractivity contribution in [3.8, 4) is 0 Å². The van der Waals surface area contributed by atoms with Crippen molar-refractivity contribution in [2.75, 3.05) is 13.1 Å². The molecule has 0 unspecified atom stereocenters. The fourth-order valence-corrected chi connectivity index (χ4v) is 2.53. The second kappa shape index (κ2) is 7.39. The molecule has 4 nitrogen and oxygen atoms in total. The lowest BCUT2D eigenvalue weighted by Crippen LogP contribution is -2.39. The smallest absolute Gasteiger partial charge is 0.303 e. The van der Waals surface area contributed by atoms with E-state index in [4.69, 9.17) is 5.11 Å². The van der Waals surface area contributed by atoms with Gasteiger partial charge in [0.15, 0.2) is 0 Å². The fraction of sp³-hybridized carbons (Fsp3) is 0.857. The van der Waals surface area contributed by atoms with Crippen molar-refractivity contribution in [3.05, 3.63) is 0 Å². The normalized spacial score (nSPS) is 17.2. The van der Waals surface area contributed by atoms with Gasteiger partial charge >= 0.3 is 5.97 Å². The molecule has 104 valence electrons. The number of nitrogens with zero attached hydrogens (tertiary/aromatic N) is 1. The first-order valence-electron chi connectivity index (χ1n) is 7.00. The predicted octanol–water partition coefficient (Wildman–Crippen LogP) is 2.53. The van der Waals surface area contributed by atoms with Gasteiger partial charge in [-0.1, -0.05) is 13.8 Å². The lowest BCUT2D eigenvalue weighted by Gasteiger charge is -2.34. The van der Waals surface area contributed by atoms with Gasteiger partial charge in [0.25, 0.3) is 0 Å². The number of unbranched alkanes of at least 4 members (excludes halogenated alkanes) is 1. The van der Waals surface area contributed by atoms with Crippen LogP contribution in [0.4, 0.5) is 0 Å². The minimum absolute atomic E-state index is 0.169. The van der Waals surface area contributed by atoms with Crippen molar-refractivity contribution < 1.29 is 14.7 Å². The molecule has 0 radical (unpaired) electrons. The molecular weight excluding hydrogens is 230 g/mol. The van der Waals surface area contributed by atoms with Crippen molar-refractivity contribution in [1.29, 1.82) is 0 Å². The SMILES string of the molecule is CC(C)C1CCN(C(=O)CCCCC(=O)O)CC1. The number of carbonyl (C=O) groups is 2. The highest BCUT2D eigenvalue weighted by atomic mass is 16.4. The predicted molar refractivity (Wildman–Crippen MR) is 70.2 cm³/mol. The van der Waals surface area contributed by atoms with Crippen LogP contribution in [0.2, 0.25) is 0 Å². The van der Waals surface area contributed by atoms with E-state index in [2.05, 4.69) is 13.8 Å². The lowest BCUT2D eigenvalue weighted by atomic mass is 9.86. The molecule has 0 atom stereocenters. The Bertz CT molecular complexity index is 281. The summed E-state index contributed by atoms with van der Waals surface area (Å²) >= 11 is 0. The van der Waals surface area contributed by atoms with Crippen molar-refractivity contribution in [1.82, 2.24) is 4.90 Å². The Kier molecular flexibility index (Phi) is 6.16. The van der Waals surface area contributed by atoms with E-state index in [1.807, 2.05) is 4.90 Å². The van der Waals surface area contributed by atoms with E-state index < -0.39 is 5.97 Å². The number of amides is 1. The monoisotopic (exact) mass is 255 g/mol. The Hall–Kier alpha value is -1.06. The van der Waals surface area contributed by atoms with E-state index in [-0.39, 0.29) is 12.3 Å². The summed E-state index contributed by atoms with van der Waals surface area (Å²) in [5.74, 6) is 0.877. The van der Waals surface area contributed by atoms with Gasteiger partial charge in [0, 0.05) is 25.9 Å². The summed E-state index contributed by atoms with van der Waals surface area (Å²) in [5.41, 5.74) is 0. The average molecular weight is 255 g/mol. The number of piperidine rings is 1. The Morgan fingerprint density at radius 1 is 1.17 bits per heavy atom. The van der Waals surface area contributed by atoms with Gasteiger partial charge in [-0.15, -0.1) is 0 Å². The zero-order valence-corrected chi connectivity index (χ0v) is 11.5. The average Bonchev–Trinajstić information content (AvgIpc) is 2.34. The second-order valence-electron chi connectivity index (χ2n) is 5.56. The third kappa shape index (κ3) is 5.07. The number of aliphatic carboxylic acids is 1. The molecule has 0 aliphatic carbocycles. The van der Waals surface area contributed by atoms with Crippen LogP contribution in [0.1, 0.15) is 52.4 Å². The lowest BCUT2D eigenvalue weighted by molar-refractivity contribution is -0.137. The van der Waals surface area contributed by atoms with Gasteiger partial charge in [-0.2, -0.15) is 0 Å². The highest BCUT2D eigenvalue weighted by molar-refractivity contribution is 5.76. The van der Waals surface area contributed by atoms with Crippen LogP contribution in [0.25, 0.3) is 0 Å². The van der Waals surface area contributed by atoms with Gasteiger partial charge in [0.1, 0.15) is 0 Å². The van der Waals surface area contributed by atoms with Crippen LogP contribution in [0, 0.1) is 11.8 Å². The van der Waals surface area contributed by atoms with Crippen LogP contribution >= 0.6 is 0 Å². The molecule has 0 saturated carbocycles. The van der Waals surface area contributed by atoms with Gasteiger partial charge in [-0.05, 0) is 37.5 Å². The first kappa shape index (κ1) is 15.0. The highest BCUT2D eigenvalue weighted by Crippen LogP contribution is 2.24. The molecule has 1 rings (SSSR count). The van der Waals surface area contributed by atoms with Crippen molar-refractivity contribution in [3.63, 3.8) is 0 Å². The van der Waals surface area contributed by atoms with Crippen LogP contribution in [-0.4, -0.2) is 35.0 Å². The topological polar surface area (TPSA) is 57.6 Å². The Balaban J connectivity index is 2.18. The number of hydrogen-bond acceptors (Lipinski definition) is 2. The molecule has 0 bridgehead atoms. The van der Waals surface area contributed by atoms with Crippen LogP contribution in [0.15, 0.2) is 0 Å². The maximum absolute atomic E-state index is 11.9. The largest absolute Gasteiger partial charge is 0.481 e. The molecule has 1 heterocycles. The molecule has 0 aromatic heterocycles. The molecule has 1 aliphatic rings. The molecular formula is C14H25NO3. The summed E-state index contributed by atoms with van der Waals surface area (Å²) in [5, 5.41) is 8.51. The summed E-state index contributed by atoms with van der Waals surface area (Å²) < 4.78 is 0. The third-order valence-electron chi connectivity index (χ3n) is 3.87. The Morgan fingerprint density at radius 2 is 1.72 bits per heavy atom. The van der Waals surface area contributed by atoms with Gasteiger partial charge in [0.05, 0.1) is 0 Å². The van der Waals surface area contributed by atoms with E-state index in [1.54, 1.807) is 0 Å². The van der Waals surface area contributed by atoms with Crippen LogP contribution in [0.3, 0.4) is 0 Å². The van der Waals surface area contributed by atoms with Crippen molar-refractivity contribution >= 4 is 11.9 Å². The van der Waals surface area contributed by atoms with Gasteiger partial charge in [-0.25, -0.2) is 0 Å². The molecule has 1 aliphatic heterocycles. The number of likely N-dealkylation sites (tertiary alicyclic amines) is 1. The maximum atomic E-state index is 11.9. The molecule has 1 N–H and O–H groups in total. The van der Waals surface area contributed by atoms with Gasteiger partial charge < -0.3 is 10.0 Å². The second-order valence-corrected chi connectivity index (χ2v) is 5.56. The number of carboxylic acid groups (broad SMARTS) is 1. The van der Waals surface area contributed by atoms with Crippen LogP contribution in [-0.2, 0) is 9.59 Å². The van der Waals surface area contributed by atoms with Crippen LogP contribution in [0.5, 0.6) is 0 Å². The Labute approximate surface area is 109 Å². The standard InChI is InChI=1S/C14H25NO3/c1-11(2)12-7-9-15(10-8-12)13(16)5-3-4-6-14(17)18/h11-12H,3-10H2,1-2H3,(H,17,18). The molecule has 0 aromatic carbocycles. The number of hydrogen-bond donors (Lipinski definition) is 1. The maximum Gasteiger partial charge on any atom is 0.303 e. The Morgan fingerprint density at radius 3 is 2.22 bits per heavy atom. The van der Waals surface area contributed by atoms with E-state index >= 15 is 0 Å². The van der Waals surface area contributed by atoms with Crippen LogP contribution < -0.4 is 0 Å². The minimum Gasteiger partial charge on any atom is -0.481 e. The first-order chi connectivity index (χ1) is 8.50. The molecule has 1 saturated heterocycles. The quantitative estimate of drug-likeness (QED) is 0.742. The van der Waals surface area contributed by atoms with E-state index in [1.165, 1.54) is 0 Å². The summed E-state index contributed by atoms with van der Waals surface area (Å²) in [4.78, 5) is 24.2. The molecule has 0 spiro atoms. The minimum atomic E-state index is -0.778. The molecule has 1 fully saturated rings. The van der Waals surface area contributed by atoms with E-state index in [9.17, 15) is 9.59 Å². The summed E-state index contributed by atoms with van der Waals surface area (Å²) in [7, 11) is 0. The number of rotatable bonds is 6. The highest BCUT2D eigenvalue weighted by Gasteiger charge is 2.23. The zero-order chi connectivity index (χ0) is 13.5. The zero-order valence-electron chi connectivity index (χ0n) is 11.5. The van der Waals surface area contributed by atoms with E-state index in [0.717, 1.165) is 31.8 Å². The van der Waals surface area contributed by atoms with Gasteiger partial charge in [-0.3, -0.25) is 9.59 Å². The molecule has 4 heteroatoms. The first-order valence-corrected chi connectivity index (χ1v) is 7.00. The summed E-state index contributed by atoms with van der Waals surface area (Å²) in [6, 6.07) is 0. The van der Waals surface area contributed by atoms with Crippen molar-refractivity contribution in [2.45, 2.75) is 52.4 Å². The van der Waals surface area contributed by atoms with E-state index in [0.29, 0.717) is 25.2 Å².